The Morgan fingerprint density at radius 2 is 1.62 bits per heavy atom. The molecule has 0 heterocycles. The zero-order chi connectivity index (χ0) is 6.41. The first-order valence-electron chi connectivity index (χ1n) is 2.61. The Kier molecular flexibility index (Phi) is 6.06. The minimum absolute atomic E-state index is 0.0648. The van der Waals surface area contributed by atoms with Crippen molar-refractivity contribution in [2.75, 3.05) is 5.34 Å². The second kappa shape index (κ2) is 5.67. The van der Waals surface area contributed by atoms with Gasteiger partial charge in [0, 0.05) is 0 Å². The highest BCUT2D eigenvalue weighted by atomic mass is 35.5. The Balaban J connectivity index is 0.000000145. The van der Waals surface area contributed by atoms with Crippen molar-refractivity contribution >= 4 is 23.2 Å². The molecule has 0 unspecified atom stereocenters. The average molecular weight is 157 g/mol. The van der Waals surface area contributed by atoms with E-state index in [2.05, 4.69) is 0 Å². The van der Waals surface area contributed by atoms with Gasteiger partial charge in [-0.15, -0.1) is 23.2 Å². The van der Waals surface area contributed by atoms with Crippen molar-refractivity contribution in [3.05, 3.63) is 0 Å². The number of aliphatic hydroxyl groups is 1. The number of halogens is 2. The van der Waals surface area contributed by atoms with E-state index in [-0.39, 0.29) is 11.4 Å². The number of hydrogen-bond acceptors (Lipinski definition) is 1. The maximum Gasteiger partial charge on any atom is 0.0967 e. The number of rotatable bonds is 0. The molecule has 1 aliphatic rings. The van der Waals surface area contributed by atoms with Gasteiger partial charge in [0.1, 0.15) is 0 Å². The average Bonchev–Trinajstić information content (AvgIpc) is 1.64. The van der Waals surface area contributed by atoms with E-state index in [4.69, 9.17) is 28.3 Å². The summed E-state index contributed by atoms with van der Waals surface area (Å²) in [5, 5.41) is 8.64. The fourth-order valence-electron chi connectivity index (χ4n) is 0.387. The van der Waals surface area contributed by atoms with Crippen LogP contribution in [0.15, 0.2) is 0 Å². The second-order valence-corrected chi connectivity index (χ2v) is 2.49. The van der Waals surface area contributed by atoms with Gasteiger partial charge in [-0.1, -0.05) is 0 Å². The lowest BCUT2D eigenvalue weighted by Crippen LogP contribution is -2.15. The third kappa shape index (κ3) is 4.69. The van der Waals surface area contributed by atoms with Crippen molar-refractivity contribution in [1.29, 1.82) is 0 Å². The SMILES string of the molecule is ClCCl.OC1CCC1. The normalized spacial score (nSPS) is 18.4. The van der Waals surface area contributed by atoms with E-state index in [9.17, 15) is 0 Å². The van der Waals surface area contributed by atoms with E-state index in [0.717, 1.165) is 12.8 Å². The van der Waals surface area contributed by atoms with Crippen LogP contribution in [0, 0.1) is 0 Å². The Hall–Kier alpha value is 0.540. The van der Waals surface area contributed by atoms with Gasteiger partial charge < -0.3 is 5.11 Å². The highest BCUT2D eigenvalue weighted by Crippen LogP contribution is 2.16. The van der Waals surface area contributed by atoms with Gasteiger partial charge in [0.25, 0.3) is 0 Å². The molecule has 1 fully saturated rings. The topological polar surface area (TPSA) is 20.2 Å². The molecule has 1 nitrogen and oxygen atoms in total. The minimum Gasteiger partial charge on any atom is -0.393 e. The monoisotopic (exact) mass is 156 g/mol. The molecule has 0 atom stereocenters. The summed E-state index contributed by atoms with van der Waals surface area (Å²) in [6.45, 7) is 0. The maximum atomic E-state index is 8.45. The van der Waals surface area contributed by atoms with E-state index in [1.165, 1.54) is 6.42 Å². The molecule has 0 saturated heterocycles. The van der Waals surface area contributed by atoms with Gasteiger partial charge in [-0.05, 0) is 19.3 Å². The molecule has 0 aromatic carbocycles. The smallest absolute Gasteiger partial charge is 0.0967 e. The second-order valence-electron chi connectivity index (χ2n) is 1.69. The Morgan fingerprint density at radius 1 is 1.38 bits per heavy atom. The van der Waals surface area contributed by atoms with Crippen LogP contribution in [0.5, 0.6) is 0 Å². The fourth-order valence-corrected chi connectivity index (χ4v) is 0.387. The summed E-state index contributed by atoms with van der Waals surface area (Å²) in [4.78, 5) is 0. The number of aliphatic hydroxyl groups excluding tert-OH is 1. The van der Waals surface area contributed by atoms with Gasteiger partial charge in [0.15, 0.2) is 0 Å². The molecule has 8 heavy (non-hydrogen) atoms. The minimum atomic E-state index is 0.0648. The van der Waals surface area contributed by atoms with E-state index >= 15 is 0 Å². The molecule has 0 aromatic rings. The molecule has 0 aromatic heterocycles. The quantitative estimate of drug-likeness (QED) is 0.533. The fraction of sp³-hybridized carbons (Fsp3) is 1.00. The maximum absolute atomic E-state index is 8.45. The highest BCUT2D eigenvalue weighted by molar-refractivity contribution is 6.40. The van der Waals surface area contributed by atoms with Crippen LogP contribution in [0.25, 0.3) is 0 Å². The molecule has 0 amide bonds. The number of alkyl halides is 2. The third-order valence-corrected chi connectivity index (χ3v) is 1.07. The molecule has 3 heteroatoms. The van der Waals surface area contributed by atoms with Crippen LogP contribution >= 0.6 is 23.2 Å². The van der Waals surface area contributed by atoms with Crippen molar-refractivity contribution in [1.82, 2.24) is 0 Å². The van der Waals surface area contributed by atoms with Crippen LogP contribution in [0.1, 0.15) is 19.3 Å². The summed E-state index contributed by atoms with van der Waals surface area (Å²) in [6, 6.07) is 0. The van der Waals surface area contributed by atoms with Gasteiger partial charge in [-0.2, -0.15) is 0 Å². The van der Waals surface area contributed by atoms with E-state index in [1.54, 1.807) is 0 Å². The molecule has 0 aliphatic heterocycles. The predicted octanol–water partition coefficient (Wildman–Crippen LogP) is 1.95. The molecular weight excluding hydrogens is 147 g/mol. The summed E-state index contributed by atoms with van der Waals surface area (Å²) in [6.07, 6.45) is 3.39. The molecule has 1 rings (SSSR count). The van der Waals surface area contributed by atoms with Gasteiger partial charge in [0.2, 0.25) is 0 Å². The Labute approximate surface area is 59.6 Å². The van der Waals surface area contributed by atoms with Gasteiger partial charge in [-0.3, -0.25) is 0 Å². The molecule has 1 aliphatic carbocycles. The predicted molar refractivity (Wildman–Crippen MR) is 36.4 cm³/mol. The summed E-state index contributed by atoms with van der Waals surface area (Å²) < 4.78 is 0. The van der Waals surface area contributed by atoms with E-state index in [0.29, 0.717) is 0 Å². The summed E-state index contributed by atoms with van der Waals surface area (Å²) >= 11 is 9.53. The zero-order valence-corrected chi connectivity index (χ0v) is 6.12. The lowest BCUT2D eigenvalue weighted by molar-refractivity contribution is 0.0950. The van der Waals surface area contributed by atoms with Crippen LogP contribution in [0.2, 0.25) is 0 Å². The van der Waals surface area contributed by atoms with Gasteiger partial charge >= 0.3 is 0 Å². The van der Waals surface area contributed by atoms with Crippen LogP contribution in [0.4, 0.5) is 0 Å². The third-order valence-electron chi connectivity index (χ3n) is 1.07. The molecular formula is C5H10Cl2O. The van der Waals surface area contributed by atoms with Crippen molar-refractivity contribution in [2.24, 2.45) is 0 Å². The summed E-state index contributed by atoms with van der Waals surface area (Å²) in [5.41, 5.74) is 0. The van der Waals surface area contributed by atoms with Crippen molar-refractivity contribution in [3.63, 3.8) is 0 Å². The van der Waals surface area contributed by atoms with Crippen molar-refractivity contribution in [3.8, 4) is 0 Å². The van der Waals surface area contributed by atoms with Crippen LogP contribution < -0.4 is 0 Å². The number of hydrogen-bond donors (Lipinski definition) is 1. The Bertz CT molecular complexity index is 45.7. The first-order chi connectivity index (χ1) is 3.81. The molecule has 0 radical (unpaired) electrons. The van der Waals surface area contributed by atoms with Gasteiger partial charge in [-0.25, -0.2) is 0 Å². The largest absolute Gasteiger partial charge is 0.393 e. The molecule has 0 bridgehead atoms. The lowest BCUT2D eigenvalue weighted by atomic mass is 9.97. The summed E-state index contributed by atoms with van der Waals surface area (Å²) in [5.74, 6) is 0. The first-order valence-corrected chi connectivity index (χ1v) is 3.68. The Morgan fingerprint density at radius 3 is 1.62 bits per heavy atom. The first kappa shape index (κ1) is 8.54. The van der Waals surface area contributed by atoms with Crippen LogP contribution in [-0.4, -0.2) is 16.5 Å². The van der Waals surface area contributed by atoms with Crippen LogP contribution in [-0.2, 0) is 0 Å². The molecule has 1 saturated carbocycles. The lowest BCUT2D eigenvalue weighted by Gasteiger charge is -2.17. The summed E-state index contributed by atoms with van der Waals surface area (Å²) in [7, 11) is 0. The van der Waals surface area contributed by atoms with Crippen molar-refractivity contribution < 1.29 is 5.11 Å². The molecule has 0 spiro atoms. The van der Waals surface area contributed by atoms with Crippen LogP contribution in [0.3, 0.4) is 0 Å². The standard InChI is InChI=1S/C4H8O.CH2Cl2/c5-4-2-1-3-4;2-1-3/h4-5H,1-3H2;1H2. The van der Waals surface area contributed by atoms with Gasteiger partial charge in [0.05, 0.1) is 11.4 Å². The van der Waals surface area contributed by atoms with E-state index < -0.39 is 0 Å². The zero-order valence-electron chi connectivity index (χ0n) is 4.61. The van der Waals surface area contributed by atoms with E-state index in [1.807, 2.05) is 0 Å². The molecule has 1 N–H and O–H groups in total. The highest BCUT2D eigenvalue weighted by Gasteiger charge is 2.11. The molecule has 50 valence electrons. The van der Waals surface area contributed by atoms with Crippen molar-refractivity contribution in [2.45, 2.75) is 25.4 Å².